The normalized spacial score (nSPS) is 20.9. The predicted molar refractivity (Wildman–Crippen MR) is 244 cm³/mol. The number of likely N-dealkylation sites (N-methyl/N-ethyl adjacent to an activating group) is 1. The number of aryl methyl sites for hydroxylation is 1. The van der Waals surface area contributed by atoms with E-state index < -0.39 is 41.3 Å². The van der Waals surface area contributed by atoms with E-state index >= 15 is 0 Å². The summed E-state index contributed by atoms with van der Waals surface area (Å²) in [7, 11) is 4.81. The molecule has 0 aliphatic carbocycles. The summed E-state index contributed by atoms with van der Waals surface area (Å²) in [6.07, 6.45) is 2.83. The topological polar surface area (TPSA) is 181 Å². The molecule has 0 spiro atoms. The number of rotatable bonds is 11. The maximum absolute atomic E-state index is 14.6. The van der Waals surface area contributed by atoms with Crippen molar-refractivity contribution in [1.82, 2.24) is 40.1 Å². The summed E-state index contributed by atoms with van der Waals surface area (Å²) < 4.78 is 19.6. The third-order valence-corrected chi connectivity index (χ3v) is 13.8. The molecule has 3 aromatic heterocycles. The fraction of sp³-hybridized carbons (Fsp3) is 0.574. The molecule has 64 heavy (non-hydrogen) atoms. The van der Waals surface area contributed by atoms with Gasteiger partial charge in [-0.2, -0.15) is 0 Å². The Morgan fingerprint density at radius 1 is 1.14 bits per heavy atom. The monoisotopic (exact) mass is 900 g/mol. The van der Waals surface area contributed by atoms with Gasteiger partial charge in [-0.15, -0.1) is 11.3 Å². The van der Waals surface area contributed by atoms with Crippen LogP contribution in [0.25, 0.3) is 33.4 Å². The molecule has 7 rings (SSSR count). The number of aliphatic hydroxyl groups excluding tert-OH is 1. The maximum Gasteiger partial charge on any atom is 0.324 e. The molecule has 346 valence electrons. The highest BCUT2D eigenvalue weighted by Crippen LogP contribution is 2.42. The lowest BCUT2D eigenvalue weighted by atomic mass is 9.84. The minimum Gasteiger partial charge on any atom is -0.464 e. The highest BCUT2D eigenvalue weighted by Gasteiger charge is 2.42. The summed E-state index contributed by atoms with van der Waals surface area (Å²) in [5.74, 6) is -1.67. The highest BCUT2D eigenvalue weighted by atomic mass is 32.1. The van der Waals surface area contributed by atoms with E-state index in [-0.39, 0.29) is 49.7 Å². The van der Waals surface area contributed by atoms with Crippen LogP contribution in [0.5, 0.6) is 0 Å². The minimum atomic E-state index is -1.07. The van der Waals surface area contributed by atoms with Crippen molar-refractivity contribution in [2.24, 2.45) is 17.3 Å². The standard InChI is InChI=1S/C47H64N8O8S/c1-10-54-37-16-15-29-19-32(37)33(42(54)31-13-11-17-48-40(31)28(4)61-8)21-47(5,6)26-63-45(59)34-14-12-18-55(51-34)44(58)35(20-39-49-36(29)25-64-39)50-43(57)41(27(2)3)52(7)46(60)53-22-30(23-53)38(24-56)62-9/h11,13,15-17,19,25,27-28,30,34-35,38,41,51,56H,10,12,14,18,20-24,26H2,1-9H3,(H,50,57)/t28-,34-,35?,38-,41-/m0/s1. The Kier molecular flexibility index (Phi) is 14.4. The summed E-state index contributed by atoms with van der Waals surface area (Å²) in [5, 5.41) is 17.8. The highest BCUT2D eigenvalue weighted by molar-refractivity contribution is 7.10. The number of nitrogens with zero attached hydrogens (tertiary/aromatic N) is 6. The molecule has 0 saturated carbocycles. The number of amides is 4. The van der Waals surface area contributed by atoms with Crippen molar-refractivity contribution < 1.29 is 38.5 Å². The Balaban J connectivity index is 1.26. The number of esters is 1. The summed E-state index contributed by atoms with van der Waals surface area (Å²) >= 11 is 1.41. The smallest absolute Gasteiger partial charge is 0.324 e. The first kappa shape index (κ1) is 47.0. The molecule has 5 atom stereocenters. The zero-order valence-corrected chi connectivity index (χ0v) is 39.4. The van der Waals surface area contributed by atoms with Gasteiger partial charge in [0.25, 0.3) is 5.91 Å². The van der Waals surface area contributed by atoms with Crippen LogP contribution in [0.15, 0.2) is 41.9 Å². The number of hydrazine groups is 1. The first-order valence-corrected chi connectivity index (χ1v) is 23.2. The molecule has 4 aromatic rings. The molecule has 17 heteroatoms. The predicted octanol–water partition coefficient (Wildman–Crippen LogP) is 5.22. The Bertz CT molecular complexity index is 2340. The second-order valence-electron chi connectivity index (χ2n) is 18.5. The van der Waals surface area contributed by atoms with Gasteiger partial charge in [-0.25, -0.2) is 15.2 Å². The summed E-state index contributed by atoms with van der Waals surface area (Å²) in [6.45, 7) is 13.8. The molecule has 16 nitrogen and oxygen atoms in total. The van der Waals surface area contributed by atoms with Crippen LogP contribution >= 0.6 is 11.3 Å². The van der Waals surface area contributed by atoms with Gasteiger partial charge in [0.1, 0.15) is 18.1 Å². The van der Waals surface area contributed by atoms with Crippen molar-refractivity contribution in [3.05, 3.63) is 58.2 Å². The van der Waals surface area contributed by atoms with Crippen molar-refractivity contribution in [3.63, 3.8) is 0 Å². The van der Waals surface area contributed by atoms with Crippen LogP contribution in [0.1, 0.15) is 76.8 Å². The van der Waals surface area contributed by atoms with Crippen LogP contribution in [0.3, 0.4) is 0 Å². The number of benzene rings is 1. The molecule has 3 N–H and O–H groups in total. The Hall–Kier alpha value is -4.94. The number of carbonyl (C=O) groups is 4. The third kappa shape index (κ3) is 9.55. The lowest BCUT2D eigenvalue weighted by Gasteiger charge is -2.45. The van der Waals surface area contributed by atoms with E-state index in [0.717, 1.165) is 44.7 Å². The SMILES string of the molecule is CCn1c(-c2cccnc2[C@H](C)OC)c2c3cc(ccc31)-c1csc(n1)CC(NC(=O)[C@H](C(C)C)N(C)C(=O)N1CC([C@H](CO)OC)C1)C(=O)N1CCC[C@H](N1)C(=O)OCC(C)(C)C2. The van der Waals surface area contributed by atoms with Gasteiger partial charge in [0, 0.05) is 98.8 Å². The van der Waals surface area contributed by atoms with E-state index in [9.17, 15) is 24.3 Å². The first-order chi connectivity index (χ1) is 30.6. The molecule has 2 fully saturated rings. The lowest BCUT2D eigenvalue weighted by molar-refractivity contribution is -0.155. The number of methoxy groups -OCH3 is 2. The number of cyclic esters (lactones) is 1. The molecular formula is C47H64N8O8S. The van der Waals surface area contributed by atoms with Crippen LogP contribution in [0, 0.1) is 17.3 Å². The van der Waals surface area contributed by atoms with Crippen molar-refractivity contribution >= 4 is 46.1 Å². The molecule has 1 unspecified atom stereocenters. The first-order valence-electron chi connectivity index (χ1n) is 22.4. The molecule has 6 bridgehead atoms. The minimum absolute atomic E-state index is 0.0137. The Labute approximate surface area is 379 Å². The molecule has 1 aromatic carbocycles. The average molecular weight is 901 g/mol. The van der Waals surface area contributed by atoms with E-state index in [1.54, 1.807) is 25.3 Å². The molecule has 3 aliphatic heterocycles. The number of ether oxygens (including phenoxy) is 3. The van der Waals surface area contributed by atoms with E-state index in [2.05, 4.69) is 60.3 Å². The number of likely N-dealkylation sites (tertiary alicyclic amines) is 1. The van der Waals surface area contributed by atoms with Crippen molar-refractivity contribution in [1.29, 1.82) is 0 Å². The number of aromatic nitrogens is 3. The van der Waals surface area contributed by atoms with Crippen LogP contribution < -0.4 is 10.7 Å². The van der Waals surface area contributed by atoms with Crippen LogP contribution in [-0.2, 0) is 48.0 Å². The van der Waals surface area contributed by atoms with Gasteiger partial charge in [-0.1, -0.05) is 33.8 Å². The van der Waals surface area contributed by atoms with Crippen molar-refractivity contribution in [2.75, 3.05) is 54.1 Å². The van der Waals surface area contributed by atoms with Gasteiger partial charge in [0.15, 0.2) is 0 Å². The number of nitrogens with one attached hydrogen (secondary N) is 2. The average Bonchev–Trinajstić information content (AvgIpc) is 3.86. The molecule has 6 heterocycles. The van der Waals surface area contributed by atoms with Gasteiger partial charge in [0.05, 0.1) is 47.5 Å². The molecule has 3 aliphatic rings. The number of carbonyl (C=O) groups excluding carboxylic acids is 4. The van der Waals surface area contributed by atoms with E-state index in [1.807, 2.05) is 32.2 Å². The van der Waals surface area contributed by atoms with Gasteiger partial charge in [0.2, 0.25) is 5.91 Å². The second-order valence-corrected chi connectivity index (χ2v) is 19.4. The Morgan fingerprint density at radius 2 is 1.91 bits per heavy atom. The molecular weight excluding hydrogens is 837 g/mol. The van der Waals surface area contributed by atoms with Crippen LogP contribution in [-0.4, -0.2) is 137 Å². The molecule has 0 radical (unpaired) electrons. The van der Waals surface area contributed by atoms with Crippen molar-refractivity contribution in [2.45, 2.75) is 104 Å². The van der Waals surface area contributed by atoms with Gasteiger partial charge in [-0.05, 0) is 68.9 Å². The maximum atomic E-state index is 14.6. The van der Waals surface area contributed by atoms with Crippen molar-refractivity contribution in [3.8, 4) is 22.5 Å². The number of aliphatic hydroxyl groups is 1. The Morgan fingerprint density at radius 3 is 2.59 bits per heavy atom. The van der Waals surface area contributed by atoms with E-state index in [4.69, 9.17) is 24.2 Å². The zero-order chi connectivity index (χ0) is 46.0. The largest absolute Gasteiger partial charge is 0.464 e. The molecule has 4 amide bonds. The fourth-order valence-electron chi connectivity index (χ4n) is 9.41. The molecule has 2 saturated heterocycles. The summed E-state index contributed by atoms with van der Waals surface area (Å²) in [5.41, 5.74) is 9.27. The number of fused-ring (bicyclic) bond motifs is 6. The fourth-order valence-corrected chi connectivity index (χ4v) is 10.3. The van der Waals surface area contributed by atoms with Gasteiger partial charge < -0.3 is 39.0 Å². The zero-order valence-electron chi connectivity index (χ0n) is 38.6. The van der Waals surface area contributed by atoms with Crippen LogP contribution in [0.4, 0.5) is 4.79 Å². The number of hydrogen-bond acceptors (Lipinski definition) is 12. The van der Waals surface area contributed by atoms with Gasteiger partial charge >= 0.3 is 12.0 Å². The van der Waals surface area contributed by atoms with Crippen LogP contribution in [0.2, 0.25) is 0 Å². The number of thiazole rings is 1. The summed E-state index contributed by atoms with van der Waals surface area (Å²) in [6, 6.07) is 7.32. The van der Waals surface area contributed by atoms with E-state index in [0.29, 0.717) is 50.4 Å². The number of urea groups is 1. The lowest BCUT2D eigenvalue weighted by Crippen LogP contribution is -2.64. The number of pyridine rings is 1. The second kappa shape index (κ2) is 19.7. The summed E-state index contributed by atoms with van der Waals surface area (Å²) in [4.78, 5) is 69.4. The third-order valence-electron chi connectivity index (χ3n) is 13.0. The van der Waals surface area contributed by atoms with E-state index in [1.165, 1.54) is 28.4 Å². The van der Waals surface area contributed by atoms with Gasteiger partial charge in [-0.3, -0.25) is 24.4 Å². The quantitative estimate of drug-likeness (QED) is 0.168. The number of hydrogen-bond donors (Lipinski definition) is 3.